The van der Waals surface area contributed by atoms with Gasteiger partial charge >= 0.3 is 6.03 Å². The lowest BCUT2D eigenvalue weighted by molar-refractivity contribution is 0.0899. The van der Waals surface area contributed by atoms with Gasteiger partial charge in [-0.25, -0.2) is 9.18 Å². The molecule has 7 heteroatoms. The molecule has 35 heavy (non-hydrogen) atoms. The van der Waals surface area contributed by atoms with Gasteiger partial charge in [0.05, 0.1) is 6.54 Å². The normalized spacial score (nSPS) is 14.5. The fourth-order valence-electron chi connectivity index (χ4n) is 4.37. The van der Waals surface area contributed by atoms with Crippen LogP contribution in [0.15, 0.2) is 71.1 Å². The minimum atomic E-state index is -0.370. The summed E-state index contributed by atoms with van der Waals surface area (Å²) in [6.45, 7) is 0.525. The molecule has 1 fully saturated rings. The fourth-order valence-corrected chi connectivity index (χ4v) is 4.37. The Morgan fingerprint density at radius 3 is 2.26 bits per heavy atom. The molecule has 0 radical (unpaired) electrons. The lowest BCUT2D eigenvalue weighted by atomic mass is 9.97. The van der Waals surface area contributed by atoms with Crippen molar-refractivity contribution in [3.8, 4) is 0 Å². The topological polar surface area (TPSA) is 74.6 Å². The summed E-state index contributed by atoms with van der Waals surface area (Å²) >= 11 is 0. The Bertz CT molecular complexity index is 1090. The number of rotatable bonds is 7. The summed E-state index contributed by atoms with van der Waals surface area (Å²) in [5, 5.41) is 5.92. The van der Waals surface area contributed by atoms with E-state index in [-0.39, 0.29) is 36.1 Å². The number of amides is 3. The summed E-state index contributed by atoms with van der Waals surface area (Å²) in [6, 6.07) is 18.5. The molecule has 0 spiro atoms. The van der Waals surface area contributed by atoms with Crippen molar-refractivity contribution in [2.75, 3.05) is 5.32 Å². The van der Waals surface area contributed by atoms with Crippen LogP contribution in [0.5, 0.6) is 0 Å². The van der Waals surface area contributed by atoms with Gasteiger partial charge < -0.3 is 20.0 Å². The van der Waals surface area contributed by atoms with Crippen LogP contribution < -0.4 is 10.6 Å². The molecular formula is C28H32FN3O3. The molecule has 0 unspecified atom stereocenters. The Kier molecular flexibility index (Phi) is 8.54. The lowest BCUT2D eigenvalue weighted by Crippen LogP contribution is -2.35. The van der Waals surface area contributed by atoms with Crippen molar-refractivity contribution < 1.29 is 18.4 Å². The number of carbonyl (C=O) groups excluding carboxylic acids is 2. The summed E-state index contributed by atoms with van der Waals surface area (Å²) < 4.78 is 19.1. The van der Waals surface area contributed by atoms with Gasteiger partial charge in [0, 0.05) is 18.3 Å². The van der Waals surface area contributed by atoms with Gasteiger partial charge in [0.25, 0.3) is 5.91 Å². The Balaban J connectivity index is 1.42. The van der Waals surface area contributed by atoms with Crippen molar-refractivity contribution in [2.24, 2.45) is 0 Å². The maximum Gasteiger partial charge on any atom is 0.322 e. The summed E-state index contributed by atoms with van der Waals surface area (Å²) in [6.07, 6.45) is 7.96. The van der Waals surface area contributed by atoms with Gasteiger partial charge in [-0.2, -0.15) is 0 Å². The highest BCUT2D eigenvalue weighted by molar-refractivity contribution is 5.92. The molecule has 3 amide bonds. The number of furan rings is 1. The highest BCUT2D eigenvalue weighted by Crippen LogP contribution is 2.19. The van der Waals surface area contributed by atoms with Gasteiger partial charge in [-0.3, -0.25) is 4.79 Å². The maximum atomic E-state index is 13.2. The smallest absolute Gasteiger partial charge is 0.322 e. The number of nitrogens with zero attached hydrogens (tertiary/aromatic N) is 1. The Labute approximate surface area is 205 Å². The standard InChI is InChI=1S/C28H32FN3O3/c29-22-13-15-24(16-14-22)31-28(34)32(19-21-9-5-4-6-10-21)20-25-17-18-26(35-25)27(33)30-23-11-7-2-1-3-8-12-23/h4-6,9-10,13-18,23H,1-3,7-8,11-12,19-20H2,(H,30,33)(H,31,34). The zero-order valence-electron chi connectivity index (χ0n) is 19.8. The van der Waals surface area contributed by atoms with Crippen molar-refractivity contribution in [1.29, 1.82) is 0 Å². The van der Waals surface area contributed by atoms with E-state index in [1.54, 1.807) is 17.0 Å². The Hall–Kier alpha value is -3.61. The molecule has 0 atom stereocenters. The first kappa shape index (κ1) is 24.5. The number of anilines is 1. The maximum absolute atomic E-state index is 13.2. The van der Waals surface area contributed by atoms with E-state index in [0.717, 1.165) is 31.2 Å². The van der Waals surface area contributed by atoms with Crippen molar-refractivity contribution in [2.45, 2.75) is 64.1 Å². The average molecular weight is 478 g/mol. The van der Waals surface area contributed by atoms with Gasteiger partial charge in [0.2, 0.25) is 0 Å². The fraction of sp³-hybridized carbons (Fsp3) is 0.357. The highest BCUT2D eigenvalue weighted by Gasteiger charge is 2.20. The number of halogens is 1. The number of urea groups is 1. The van der Waals surface area contributed by atoms with E-state index in [2.05, 4.69) is 10.6 Å². The van der Waals surface area contributed by atoms with Crippen molar-refractivity contribution in [1.82, 2.24) is 10.2 Å². The first-order valence-electron chi connectivity index (χ1n) is 12.3. The van der Waals surface area contributed by atoms with E-state index in [1.165, 1.54) is 43.5 Å². The van der Waals surface area contributed by atoms with Crippen molar-refractivity contribution in [3.05, 3.63) is 89.6 Å². The van der Waals surface area contributed by atoms with E-state index in [0.29, 0.717) is 18.0 Å². The van der Waals surface area contributed by atoms with E-state index >= 15 is 0 Å². The predicted molar refractivity (Wildman–Crippen MR) is 133 cm³/mol. The molecule has 1 aliphatic carbocycles. The third kappa shape index (κ3) is 7.44. The van der Waals surface area contributed by atoms with Crippen LogP contribution in [0.3, 0.4) is 0 Å². The molecule has 1 heterocycles. The molecule has 0 saturated heterocycles. The number of benzene rings is 2. The van der Waals surface area contributed by atoms with E-state index in [1.807, 2.05) is 30.3 Å². The van der Waals surface area contributed by atoms with Gasteiger partial charge in [-0.1, -0.05) is 62.4 Å². The van der Waals surface area contributed by atoms with Crippen LogP contribution in [0.4, 0.5) is 14.9 Å². The van der Waals surface area contributed by atoms with Crippen LogP contribution in [0.1, 0.15) is 66.8 Å². The molecule has 4 rings (SSSR count). The van der Waals surface area contributed by atoms with Gasteiger partial charge in [0.15, 0.2) is 5.76 Å². The highest BCUT2D eigenvalue weighted by atomic mass is 19.1. The number of nitrogens with one attached hydrogen (secondary N) is 2. The van der Waals surface area contributed by atoms with E-state index in [9.17, 15) is 14.0 Å². The van der Waals surface area contributed by atoms with Crippen LogP contribution in [0, 0.1) is 5.82 Å². The second kappa shape index (κ2) is 12.2. The zero-order chi connectivity index (χ0) is 24.5. The predicted octanol–water partition coefficient (Wildman–Crippen LogP) is 6.50. The first-order chi connectivity index (χ1) is 17.1. The number of hydrogen-bond donors (Lipinski definition) is 2. The molecule has 1 aromatic heterocycles. The molecule has 0 aliphatic heterocycles. The van der Waals surface area contributed by atoms with Crippen LogP contribution >= 0.6 is 0 Å². The van der Waals surface area contributed by atoms with Crippen LogP contribution in [-0.2, 0) is 13.1 Å². The molecular weight excluding hydrogens is 445 g/mol. The molecule has 184 valence electrons. The van der Waals surface area contributed by atoms with Crippen molar-refractivity contribution in [3.63, 3.8) is 0 Å². The first-order valence-corrected chi connectivity index (χ1v) is 12.3. The Morgan fingerprint density at radius 2 is 1.54 bits per heavy atom. The third-order valence-electron chi connectivity index (χ3n) is 6.27. The SMILES string of the molecule is O=C(NC1CCCCCCC1)c1ccc(CN(Cc2ccccc2)C(=O)Nc2ccc(F)cc2)o1. The Morgan fingerprint density at radius 1 is 0.857 bits per heavy atom. The van der Waals surface area contributed by atoms with Crippen molar-refractivity contribution >= 4 is 17.6 Å². The van der Waals surface area contributed by atoms with Crippen LogP contribution in [0.25, 0.3) is 0 Å². The molecule has 0 bridgehead atoms. The second-order valence-corrected chi connectivity index (χ2v) is 9.06. The minimum absolute atomic E-state index is 0.174. The zero-order valence-corrected chi connectivity index (χ0v) is 19.8. The molecule has 1 aliphatic rings. The minimum Gasteiger partial charge on any atom is -0.454 e. The summed E-state index contributed by atoms with van der Waals surface area (Å²) in [5.74, 6) is 0.177. The average Bonchev–Trinajstić information content (AvgIpc) is 3.31. The molecule has 1 saturated carbocycles. The largest absolute Gasteiger partial charge is 0.454 e. The monoisotopic (exact) mass is 477 g/mol. The lowest BCUT2D eigenvalue weighted by Gasteiger charge is -2.22. The van der Waals surface area contributed by atoms with Crippen LogP contribution in [-0.4, -0.2) is 22.9 Å². The molecule has 3 aromatic rings. The third-order valence-corrected chi connectivity index (χ3v) is 6.27. The van der Waals surface area contributed by atoms with Crippen LogP contribution in [0.2, 0.25) is 0 Å². The molecule has 2 aromatic carbocycles. The summed E-state index contributed by atoms with van der Waals surface area (Å²) in [7, 11) is 0. The van der Waals surface area contributed by atoms with E-state index < -0.39 is 0 Å². The van der Waals surface area contributed by atoms with Gasteiger partial charge in [-0.05, 0) is 54.8 Å². The summed E-state index contributed by atoms with van der Waals surface area (Å²) in [4.78, 5) is 27.4. The van der Waals surface area contributed by atoms with E-state index in [4.69, 9.17) is 4.42 Å². The number of hydrogen-bond acceptors (Lipinski definition) is 3. The quantitative estimate of drug-likeness (QED) is 0.408. The molecule has 6 nitrogen and oxygen atoms in total. The van der Waals surface area contributed by atoms with Gasteiger partial charge in [0.1, 0.15) is 11.6 Å². The summed E-state index contributed by atoms with van der Waals surface area (Å²) in [5.41, 5.74) is 1.45. The molecule has 2 N–H and O–H groups in total. The van der Waals surface area contributed by atoms with Gasteiger partial charge in [-0.15, -0.1) is 0 Å². The number of carbonyl (C=O) groups is 2. The second-order valence-electron chi connectivity index (χ2n) is 9.06.